The van der Waals surface area contributed by atoms with E-state index in [1.165, 1.54) is 6.20 Å². The molecule has 1 amide bonds. The third-order valence-electron chi connectivity index (χ3n) is 3.50. The second-order valence-electron chi connectivity index (χ2n) is 5.37. The Labute approximate surface area is 133 Å². The van der Waals surface area contributed by atoms with Gasteiger partial charge in [0.25, 0.3) is 0 Å². The van der Waals surface area contributed by atoms with E-state index < -0.39 is 5.91 Å². The van der Waals surface area contributed by atoms with Crippen molar-refractivity contribution >= 4 is 22.5 Å². The van der Waals surface area contributed by atoms with Crippen LogP contribution in [0.5, 0.6) is 5.88 Å². The number of amides is 1. The number of benzene rings is 1. The lowest BCUT2D eigenvalue weighted by Crippen LogP contribution is -1.98. The van der Waals surface area contributed by atoms with Crippen LogP contribution in [0.1, 0.15) is 30.4 Å². The van der Waals surface area contributed by atoms with E-state index in [-0.39, 0.29) is 17.6 Å². The normalized spacial score (nSPS) is 11.6. The molecular formula is C17H16N4O2. The van der Waals surface area contributed by atoms with Crippen LogP contribution in [0.25, 0.3) is 10.9 Å². The van der Waals surface area contributed by atoms with Gasteiger partial charge in [0.15, 0.2) is 5.69 Å². The molecule has 0 bridgehead atoms. The molecule has 3 rings (SSSR count). The van der Waals surface area contributed by atoms with Gasteiger partial charge in [0.05, 0.1) is 5.52 Å². The molecular weight excluding hydrogens is 292 g/mol. The number of hydrogen-bond acceptors (Lipinski definition) is 4. The summed E-state index contributed by atoms with van der Waals surface area (Å²) in [7, 11) is 0. The molecule has 3 aromatic rings. The van der Waals surface area contributed by atoms with Gasteiger partial charge in [-0.1, -0.05) is 24.3 Å². The Morgan fingerprint density at radius 2 is 1.91 bits per heavy atom. The molecule has 1 aromatic carbocycles. The van der Waals surface area contributed by atoms with Crippen molar-refractivity contribution in [1.29, 1.82) is 0 Å². The highest BCUT2D eigenvalue weighted by molar-refractivity contribution is 5.96. The topological polar surface area (TPSA) is 79.8 Å². The van der Waals surface area contributed by atoms with Gasteiger partial charge in [-0.2, -0.15) is 0 Å². The Hall–Kier alpha value is -3.02. The van der Waals surface area contributed by atoms with Crippen LogP contribution in [0, 0.1) is 0 Å². The Kier molecular flexibility index (Phi) is 3.89. The third-order valence-corrected chi connectivity index (χ3v) is 3.50. The standard InChI is InChI=1S/C17H16N4O2/c1-11(2)21-14-9-4-3-7-12(14)15(17(21)23)19-20-16(22)13-8-5-6-10-18-13/h3-11,23H,1-2H3. The highest BCUT2D eigenvalue weighted by atomic mass is 16.3. The molecule has 0 atom stereocenters. The molecule has 2 aromatic heterocycles. The number of azo groups is 1. The average molecular weight is 308 g/mol. The van der Waals surface area contributed by atoms with Gasteiger partial charge in [0.1, 0.15) is 5.69 Å². The van der Waals surface area contributed by atoms with E-state index in [2.05, 4.69) is 15.2 Å². The fourth-order valence-corrected chi connectivity index (χ4v) is 2.49. The van der Waals surface area contributed by atoms with Crippen molar-refractivity contribution in [2.75, 3.05) is 0 Å². The fraction of sp³-hybridized carbons (Fsp3) is 0.176. The molecule has 116 valence electrons. The maximum atomic E-state index is 12.0. The minimum absolute atomic E-state index is 0.00114. The smallest absolute Gasteiger partial charge is 0.313 e. The SMILES string of the molecule is CC(C)n1c(O)c(N=NC(=O)c2ccccn2)c2ccccc21. The molecule has 0 saturated heterocycles. The second kappa shape index (κ2) is 6.00. The van der Waals surface area contributed by atoms with Crippen LogP contribution in [-0.4, -0.2) is 20.6 Å². The van der Waals surface area contributed by atoms with Gasteiger partial charge < -0.3 is 9.67 Å². The summed E-state index contributed by atoms with van der Waals surface area (Å²) < 4.78 is 1.76. The first kappa shape index (κ1) is 14.9. The van der Waals surface area contributed by atoms with E-state index in [1.54, 1.807) is 22.8 Å². The number of carbonyl (C=O) groups is 1. The van der Waals surface area contributed by atoms with Crippen molar-refractivity contribution in [2.24, 2.45) is 10.2 Å². The monoisotopic (exact) mass is 308 g/mol. The number of hydrogen-bond donors (Lipinski definition) is 1. The minimum Gasteiger partial charge on any atom is -0.493 e. The number of carbonyl (C=O) groups excluding carboxylic acids is 1. The zero-order chi connectivity index (χ0) is 16.4. The summed E-state index contributed by atoms with van der Waals surface area (Å²) in [4.78, 5) is 15.9. The molecule has 0 fully saturated rings. The zero-order valence-electron chi connectivity index (χ0n) is 12.8. The Morgan fingerprint density at radius 3 is 2.61 bits per heavy atom. The fourth-order valence-electron chi connectivity index (χ4n) is 2.49. The lowest BCUT2D eigenvalue weighted by Gasteiger charge is -2.10. The van der Waals surface area contributed by atoms with Crippen molar-refractivity contribution < 1.29 is 9.90 Å². The molecule has 0 saturated carbocycles. The molecule has 0 spiro atoms. The van der Waals surface area contributed by atoms with Crippen molar-refractivity contribution in [3.8, 4) is 5.88 Å². The maximum Gasteiger partial charge on any atom is 0.313 e. The van der Waals surface area contributed by atoms with Crippen LogP contribution in [0.15, 0.2) is 58.9 Å². The summed E-state index contributed by atoms with van der Waals surface area (Å²) in [6, 6.07) is 12.5. The highest BCUT2D eigenvalue weighted by Crippen LogP contribution is 2.40. The van der Waals surface area contributed by atoms with Crippen LogP contribution >= 0.6 is 0 Å². The van der Waals surface area contributed by atoms with Crippen LogP contribution < -0.4 is 0 Å². The van der Waals surface area contributed by atoms with E-state index in [0.717, 1.165) is 10.9 Å². The van der Waals surface area contributed by atoms with Gasteiger partial charge in [0, 0.05) is 17.6 Å². The number of para-hydroxylation sites is 1. The molecule has 0 aliphatic carbocycles. The molecule has 2 heterocycles. The predicted molar refractivity (Wildman–Crippen MR) is 87.1 cm³/mol. The first-order valence-corrected chi connectivity index (χ1v) is 7.28. The Morgan fingerprint density at radius 1 is 1.17 bits per heavy atom. The molecule has 23 heavy (non-hydrogen) atoms. The second-order valence-corrected chi connectivity index (χ2v) is 5.37. The van der Waals surface area contributed by atoms with Gasteiger partial charge in [-0.15, -0.1) is 10.2 Å². The van der Waals surface area contributed by atoms with Gasteiger partial charge in [-0.25, -0.2) is 0 Å². The van der Waals surface area contributed by atoms with E-state index in [0.29, 0.717) is 5.69 Å². The summed E-state index contributed by atoms with van der Waals surface area (Å²) in [5.74, 6) is -0.551. The summed E-state index contributed by atoms with van der Waals surface area (Å²) >= 11 is 0. The first-order valence-electron chi connectivity index (χ1n) is 7.28. The number of aromatic nitrogens is 2. The lowest BCUT2D eigenvalue weighted by molar-refractivity contribution is 0.0990. The molecule has 0 aliphatic heterocycles. The summed E-state index contributed by atoms with van der Waals surface area (Å²) in [5, 5.41) is 18.9. The van der Waals surface area contributed by atoms with Crippen molar-refractivity contribution in [2.45, 2.75) is 19.9 Å². The van der Waals surface area contributed by atoms with Crippen LogP contribution in [-0.2, 0) is 0 Å². The van der Waals surface area contributed by atoms with Gasteiger partial charge in [-0.05, 0) is 32.0 Å². The molecule has 6 heteroatoms. The Bertz CT molecular complexity index is 882. The summed E-state index contributed by atoms with van der Waals surface area (Å²) in [6.07, 6.45) is 1.52. The summed E-state index contributed by atoms with van der Waals surface area (Å²) in [5.41, 5.74) is 1.35. The van der Waals surface area contributed by atoms with Crippen LogP contribution in [0.2, 0.25) is 0 Å². The van der Waals surface area contributed by atoms with Crippen LogP contribution in [0.3, 0.4) is 0 Å². The first-order chi connectivity index (χ1) is 11.1. The minimum atomic E-state index is -0.550. The highest BCUT2D eigenvalue weighted by Gasteiger charge is 2.18. The largest absolute Gasteiger partial charge is 0.493 e. The predicted octanol–water partition coefficient (Wildman–Crippen LogP) is 4.25. The number of aromatic hydroxyl groups is 1. The molecule has 6 nitrogen and oxygen atoms in total. The molecule has 1 N–H and O–H groups in total. The molecule has 0 aliphatic rings. The van der Waals surface area contributed by atoms with E-state index in [4.69, 9.17) is 0 Å². The van der Waals surface area contributed by atoms with Crippen molar-refractivity contribution in [3.63, 3.8) is 0 Å². The van der Waals surface area contributed by atoms with E-state index >= 15 is 0 Å². The Balaban J connectivity index is 2.05. The van der Waals surface area contributed by atoms with Gasteiger partial charge in [-0.3, -0.25) is 9.78 Å². The maximum absolute atomic E-state index is 12.0. The molecule has 0 unspecified atom stereocenters. The van der Waals surface area contributed by atoms with Crippen molar-refractivity contribution in [1.82, 2.24) is 9.55 Å². The number of rotatable bonds is 3. The van der Waals surface area contributed by atoms with Gasteiger partial charge in [0.2, 0.25) is 5.88 Å². The number of pyridine rings is 1. The zero-order valence-corrected chi connectivity index (χ0v) is 12.8. The lowest BCUT2D eigenvalue weighted by atomic mass is 10.2. The van der Waals surface area contributed by atoms with Gasteiger partial charge >= 0.3 is 5.91 Å². The van der Waals surface area contributed by atoms with Crippen LogP contribution in [0.4, 0.5) is 5.69 Å². The third kappa shape index (κ3) is 2.70. The van der Waals surface area contributed by atoms with E-state index in [9.17, 15) is 9.90 Å². The quantitative estimate of drug-likeness (QED) is 0.735. The average Bonchev–Trinajstić information content (AvgIpc) is 2.85. The number of nitrogens with zero attached hydrogens (tertiary/aromatic N) is 4. The number of fused-ring (bicyclic) bond motifs is 1. The molecule has 0 radical (unpaired) electrons. The van der Waals surface area contributed by atoms with E-state index in [1.807, 2.05) is 38.1 Å². The summed E-state index contributed by atoms with van der Waals surface area (Å²) in [6.45, 7) is 3.93. The van der Waals surface area contributed by atoms with Crippen molar-refractivity contribution in [3.05, 3.63) is 54.4 Å².